The first-order valence-electron chi connectivity index (χ1n) is 4.13. The number of carboxylic acids is 1. The summed E-state index contributed by atoms with van der Waals surface area (Å²) < 4.78 is 5.11. The van der Waals surface area contributed by atoms with Gasteiger partial charge >= 0.3 is 5.97 Å². The Bertz CT molecular complexity index is 515. The van der Waals surface area contributed by atoms with Gasteiger partial charge in [-0.05, 0) is 13.0 Å². The molecule has 0 aliphatic heterocycles. The first kappa shape index (κ1) is 9.72. The number of anilines is 1. The molecular formula is C9H8N2O3S. The second-order valence-electron chi connectivity index (χ2n) is 2.93. The molecule has 15 heavy (non-hydrogen) atoms. The minimum absolute atomic E-state index is 0.101. The monoisotopic (exact) mass is 224 g/mol. The zero-order chi connectivity index (χ0) is 11.0. The summed E-state index contributed by atoms with van der Waals surface area (Å²) >= 11 is 1.14. The van der Waals surface area contributed by atoms with Crippen LogP contribution < -0.4 is 5.73 Å². The van der Waals surface area contributed by atoms with Crippen LogP contribution in [-0.4, -0.2) is 16.1 Å². The lowest BCUT2D eigenvalue weighted by molar-refractivity contribution is 0.0692. The number of aromatic carboxylic acids is 1. The van der Waals surface area contributed by atoms with Crippen LogP contribution in [-0.2, 0) is 0 Å². The number of aromatic nitrogens is 1. The zero-order valence-corrected chi connectivity index (χ0v) is 8.67. The molecule has 0 aromatic carbocycles. The third-order valence-electron chi connectivity index (χ3n) is 1.95. The highest BCUT2D eigenvalue weighted by atomic mass is 32.1. The zero-order valence-electron chi connectivity index (χ0n) is 7.85. The van der Waals surface area contributed by atoms with Crippen molar-refractivity contribution in [2.45, 2.75) is 6.92 Å². The Balaban J connectivity index is 2.52. The summed E-state index contributed by atoms with van der Waals surface area (Å²) in [6.45, 7) is 1.79. The van der Waals surface area contributed by atoms with Crippen LogP contribution in [0.25, 0.3) is 10.6 Å². The van der Waals surface area contributed by atoms with Crippen LogP contribution in [0.3, 0.4) is 0 Å². The van der Waals surface area contributed by atoms with Gasteiger partial charge in [0.05, 0.1) is 11.8 Å². The summed E-state index contributed by atoms with van der Waals surface area (Å²) in [5.74, 6) is -0.420. The van der Waals surface area contributed by atoms with E-state index in [2.05, 4.69) is 4.98 Å². The Hall–Kier alpha value is -1.82. The molecule has 0 atom stereocenters. The highest BCUT2D eigenvalue weighted by Gasteiger charge is 2.17. The van der Waals surface area contributed by atoms with Gasteiger partial charge in [-0.2, -0.15) is 0 Å². The second kappa shape index (κ2) is 3.39. The van der Waals surface area contributed by atoms with Crippen LogP contribution in [0.15, 0.2) is 16.7 Å². The molecule has 0 fully saturated rings. The fourth-order valence-electron chi connectivity index (χ4n) is 1.21. The molecule has 0 saturated carbocycles. The van der Waals surface area contributed by atoms with Gasteiger partial charge in [0.2, 0.25) is 0 Å². The van der Waals surface area contributed by atoms with Crippen LogP contribution in [0.4, 0.5) is 5.00 Å². The van der Waals surface area contributed by atoms with Gasteiger partial charge in [0, 0.05) is 0 Å². The molecule has 0 saturated heterocycles. The normalized spacial score (nSPS) is 10.5. The van der Waals surface area contributed by atoms with E-state index >= 15 is 0 Å². The summed E-state index contributed by atoms with van der Waals surface area (Å²) in [5, 5.41) is 9.56. The van der Waals surface area contributed by atoms with E-state index in [-0.39, 0.29) is 10.7 Å². The molecule has 5 nitrogen and oxygen atoms in total. The van der Waals surface area contributed by atoms with Crippen molar-refractivity contribution in [3.8, 4) is 10.6 Å². The third kappa shape index (κ3) is 1.59. The molecule has 78 valence electrons. The average molecular weight is 224 g/mol. The number of hydrogen-bond donors (Lipinski definition) is 2. The summed E-state index contributed by atoms with van der Waals surface area (Å²) in [6.07, 6.45) is 1.53. The molecule has 0 aliphatic carbocycles. The average Bonchev–Trinajstić information content (AvgIpc) is 2.71. The molecule has 0 unspecified atom stereocenters. The number of aryl methyl sites for hydroxylation is 1. The Labute approximate surface area is 89.2 Å². The molecule has 0 aliphatic rings. The Morgan fingerprint density at radius 2 is 2.40 bits per heavy atom. The van der Waals surface area contributed by atoms with Crippen molar-refractivity contribution in [3.05, 3.63) is 23.8 Å². The van der Waals surface area contributed by atoms with Crippen molar-refractivity contribution in [1.82, 2.24) is 4.98 Å². The molecule has 2 aromatic rings. The van der Waals surface area contributed by atoms with Crippen molar-refractivity contribution in [3.63, 3.8) is 0 Å². The van der Waals surface area contributed by atoms with Crippen molar-refractivity contribution in [1.29, 1.82) is 0 Å². The van der Waals surface area contributed by atoms with Crippen molar-refractivity contribution in [2.24, 2.45) is 0 Å². The predicted octanol–water partition coefficient (Wildman–Crippen LogP) is 1.99. The minimum Gasteiger partial charge on any atom is -0.476 e. The summed E-state index contributed by atoms with van der Waals surface area (Å²) in [7, 11) is 0. The van der Waals surface area contributed by atoms with Gasteiger partial charge in [-0.3, -0.25) is 0 Å². The fourth-order valence-corrected chi connectivity index (χ4v) is 2.10. The van der Waals surface area contributed by atoms with E-state index in [0.717, 1.165) is 16.9 Å². The van der Waals surface area contributed by atoms with Gasteiger partial charge in [-0.15, -0.1) is 0 Å². The molecule has 6 heteroatoms. The first-order valence-corrected chi connectivity index (χ1v) is 4.95. The molecule has 0 spiro atoms. The number of rotatable bonds is 2. The largest absolute Gasteiger partial charge is 0.476 e. The Morgan fingerprint density at radius 1 is 1.67 bits per heavy atom. The SMILES string of the molecule is Cc1occc1-c1nc(C(=O)O)c(N)s1. The quantitative estimate of drug-likeness (QED) is 0.814. The number of carbonyl (C=O) groups is 1. The van der Waals surface area contributed by atoms with Crippen LogP contribution in [0.1, 0.15) is 16.2 Å². The number of nitrogen functional groups attached to an aromatic ring is 1. The molecule has 0 amide bonds. The van der Waals surface area contributed by atoms with Gasteiger partial charge in [-0.1, -0.05) is 11.3 Å². The highest BCUT2D eigenvalue weighted by molar-refractivity contribution is 7.19. The second-order valence-corrected chi connectivity index (χ2v) is 3.96. The Kier molecular flexibility index (Phi) is 2.20. The van der Waals surface area contributed by atoms with E-state index in [1.165, 1.54) is 6.26 Å². The highest BCUT2D eigenvalue weighted by Crippen LogP contribution is 2.32. The number of hydrogen-bond acceptors (Lipinski definition) is 5. The van der Waals surface area contributed by atoms with E-state index in [0.29, 0.717) is 10.8 Å². The maximum absolute atomic E-state index is 10.7. The number of nitrogens with zero attached hydrogens (tertiary/aromatic N) is 1. The smallest absolute Gasteiger partial charge is 0.357 e. The van der Waals surface area contributed by atoms with Crippen molar-refractivity contribution >= 4 is 22.3 Å². The van der Waals surface area contributed by atoms with Crippen molar-refractivity contribution in [2.75, 3.05) is 5.73 Å². The van der Waals surface area contributed by atoms with Crippen molar-refractivity contribution < 1.29 is 14.3 Å². The summed E-state index contributed by atoms with van der Waals surface area (Å²) in [5.41, 5.74) is 6.22. The summed E-state index contributed by atoms with van der Waals surface area (Å²) in [6, 6.07) is 1.74. The van der Waals surface area contributed by atoms with Crippen LogP contribution >= 0.6 is 11.3 Å². The van der Waals surface area contributed by atoms with E-state index in [1.807, 2.05) is 0 Å². The first-order chi connectivity index (χ1) is 7.09. The fraction of sp³-hybridized carbons (Fsp3) is 0.111. The van der Waals surface area contributed by atoms with Crippen LogP contribution in [0.5, 0.6) is 0 Å². The lowest BCUT2D eigenvalue weighted by Crippen LogP contribution is -2.00. The number of thiazole rings is 1. The van der Waals surface area contributed by atoms with Gasteiger partial charge in [0.25, 0.3) is 0 Å². The maximum atomic E-state index is 10.7. The number of furan rings is 1. The molecule has 0 bridgehead atoms. The molecule has 2 rings (SSSR count). The standard InChI is InChI=1S/C9H8N2O3S/c1-4-5(2-3-14-4)8-11-6(9(12)13)7(10)15-8/h2-3H,10H2,1H3,(H,12,13). The minimum atomic E-state index is -1.11. The Morgan fingerprint density at radius 3 is 2.87 bits per heavy atom. The van der Waals surface area contributed by atoms with E-state index < -0.39 is 5.97 Å². The lowest BCUT2D eigenvalue weighted by Gasteiger charge is -1.89. The topological polar surface area (TPSA) is 89.3 Å². The van der Waals surface area contributed by atoms with Crippen LogP contribution in [0, 0.1) is 6.92 Å². The van der Waals surface area contributed by atoms with E-state index in [1.54, 1.807) is 13.0 Å². The molecule has 0 radical (unpaired) electrons. The molecular weight excluding hydrogens is 216 g/mol. The lowest BCUT2D eigenvalue weighted by atomic mass is 10.3. The van der Waals surface area contributed by atoms with E-state index in [4.69, 9.17) is 15.3 Å². The van der Waals surface area contributed by atoms with Gasteiger partial charge in [0.1, 0.15) is 15.8 Å². The third-order valence-corrected chi connectivity index (χ3v) is 2.86. The molecule has 2 aromatic heterocycles. The predicted molar refractivity (Wildman–Crippen MR) is 55.9 cm³/mol. The van der Waals surface area contributed by atoms with Gasteiger partial charge < -0.3 is 15.3 Å². The number of carboxylic acid groups (broad SMARTS) is 1. The van der Waals surface area contributed by atoms with Gasteiger partial charge in [-0.25, -0.2) is 9.78 Å². The van der Waals surface area contributed by atoms with Gasteiger partial charge in [0.15, 0.2) is 5.69 Å². The summed E-state index contributed by atoms with van der Waals surface area (Å²) in [4.78, 5) is 14.7. The molecule has 3 N–H and O–H groups in total. The van der Waals surface area contributed by atoms with E-state index in [9.17, 15) is 4.79 Å². The maximum Gasteiger partial charge on any atom is 0.357 e. The van der Waals surface area contributed by atoms with Crippen LogP contribution in [0.2, 0.25) is 0 Å². The molecule has 2 heterocycles. The number of nitrogens with two attached hydrogens (primary N) is 1.